The zero-order valence-electron chi connectivity index (χ0n) is 6.93. The average Bonchev–Trinajstić information content (AvgIpc) is 2.56. The van der Waals surface area contributed by atoms with E-state index in [1.807, 2.05) is 11.6 Å². The summed E-state index contributed by atoms with van der Waals surface area (Å²) >= 11 is 3.39. The third kappa shape index (κ3) is 0.891. The molecule has 2 aromatic rings. The summed E-state index contributed by atoms with van der Waals surface area (Å²) in [5, 5.41) is 11.3. The maximum absolute atomic E-state index is 4.33. The van der Waals surface area contributed by atoms with Gasteiger partial charge in [0.1, 0.15) is 15.6 Å². The van der Waals surface area contributed by atoms with E-state index in [0.29, 0.717) is 0 Å². The van der Waals surface area contributed by atoms with Crippen LogP contribution in [0.5, 0.6) is 0 Å². The number of hydrogen-bond donors (Lipinski definition) is 1. The fourth-order valence-corrected chi connectivity index (χ4v) is 1.79. The summed E-state index contributed by atoms with van der Waals surface area (Å²) in [5.41, 5.74) is 2.97. The lowest BCUT2D eigenvalue weighted by atomic mass is 10.4. The molecule has 1 N–H and O–H groups in total. The van der Waals surface area contributed by atoms with E-state index in [2.05, 4.69) is 38.1 Å². The van der Waals surface area contributed by atoms with Gasteiger partial charge in [-0.2, -0.15) is 10.2 Å². The van der Waals surface area contributed by atoms with Crippen LogP contribution in [0.15, 0.2) is 4.60 Å². The summed E-state index contributed by atoms with van der Waals surface area (Å²) in [5.74, 6) is 0. The van der Waals surface area contributed by atoms with Crippen molar-refractivity contribution in [2.45, 2.75) is 20.4 Å². The predicted octanol–water partition coefficient (Wildman–Crippen LogP) is 1.85. The summed E-state index contributed by atoms with van der Waals surface area (Å²) in [6, 6.07) is 0. The molecule has 4 nitrogen and oxygen atoms in total. The van der Waals surface area contributed by atoms with Crippen molar-refractivity contribution in [3.63, 3.8) is 0 Å². The van der Waals surface area contributed by atoms with Gasteiger partial charge in [-0.25, -0.2) is 0 Å². The minimum atomic E-state index is 0.864. The molecule has 5 heteroatoms. The summed E-state index contributed by atoms with van der Waals surface area (Å²) in [6.07, 6.45) is 0. The quantitative estimate of drug-likeness (QED) is 0.811. The first kappa shape index (κ1) is 7.79. The Morgan fingerprint density at radius 2 is 2.33 bits per heavy atom. The van der Waals surface area contributed by atoms with Crippen molar-refractivity contribution in [1.82, 2.24) is 20.0 Å². The Labute approximate surface area is 78.1 Å². The molecular weight excluding hydrogens is 220 g/mol. The highest BCUT2D eigenvalue weighted by Gasteiger charge is 2.11. The number of hydrogen-bond acceptors (Lipinski definition) is 2. The summed E-state index contributed by atoms with van der Waals surface area (Å²) in [7, 11) is 0. The first-order valence-corrected chi connectivity index (χ1v) is 4.60. The summed E-state index contributed by atoms with van der Waals surface area (Å²) < 4.78 is 2.83. The Balaban J connectivity index is 2.85. The van der Waals surface area contributed by atoms with Gasteiger partial charge in [-0.1, -0.05) is 0 Å². The maximum Gasteiger partial charge on any atom is 0.134 e. The normalized spacial score (nSPS) is 11.2. The SMILES string of the molecule is CCn1nc(C)c2n[nH]c(Br)c21. The van der Waals surface area contributed by atoms with Crippen LogP contribution >= 0.6 is 15.9 Å². The largest absolute Gasteiger partial charge is 0.269 e. The highest BCUT2D eigenvalue weighted by atomic mass is 79.9. The number of aromatic amines is 1. The van der Waals surface area contributed by atoms with Gasteiger partial charge in [0.05, 0.1) is 5.69 Å². The highest BCUT2D eigenvalue weighted by molar-refractivity contribution is 9.10. The van der Waals surface area contributed by atoms with E-state index in [-0.39, 0.29) is 0 Å². The lowest BCUT2D eigenvalue weighted by Gasteiger charge is -1.94. The van der Waals surface area contributed by atoms with Gasteiger partial charge in [0.15, 0.2) is 0 Å². The van der Waals surface area contributed by atoms with Crippen LogP contribution in [0.25, 0.3) is 11.0 Å². The van der Waals surface area contributed by atoms with E-state index in [1.165, 1.54) is 0 Å². The molecule has 0 aliphatic carbocycles. The molecule has 64 valence electrons. The van der Waals surface area contributed by atoms with Crippen molar-refractivity contribution in [3.05, 3.63) is 10.3 Å². The van der Waals surface area contributed by atoms with Gasteiger partial charge >= 0.3 is 0 Å². The molecule has 0 atom stereocenters. The van der Waals surface area contributed by atoms with Crippen LogP contribution in [-0.4, -0.2) is 20.0 Å². The number of nitrogens with zero attached hydrogens (tertiary/aromatic N) is 3. The Kier molecular flexibility index (Phi) is 1.68. The number of aryl methyl sites for hydroxylation is 2. The van der Waals surface area contributed by atoms with Crippen LogP contribution in [-0.2, 0) is 6.54 Å². The number of aromatic nitrogens is 4. The van der Waals surface area contributed by atoms with Crippen molar-refractivity contribution in [3.8, 4) is 0 Å². The zero-order chi connectivity index (χ0) is 8.72. The van der Waals surface area contributed by atoms with E-state index >= 15 is 0 Å². The summed E-state index contributed by atoms with van der Waals surface area (Å²) in [6.45, 7) is 4.88. The van der Waals surface area contributed by atoms with Crippen molar-refractivity contribution < 1.29 is 0 Å². The molecule has 12 heavy (non-hydrogen) atoms. The zero-order valence-corrected chi connectivity index (χ0v) is 8.51. The fourth-order valence-electron chi connectivity index (χ4n) is 1.31. The molecule has 2 heterocycles. The molecule has 2 aromatic heterocycles. The lowest BCUT2D eigenvalue weighted by molar-refractivity contribution is 0.673. The molecule has 0 fully saturated rings. The third-order valence-electron chi connectivity index (χ3n) is 1.87. The molecule has 0 aliphatic rings. The first-order chi connectivity index (χ1) is 5.74. The lowest BCUT2D eigenvalue weighted by Crippen LogP contribution is -1.96. The van der Waals surface area contributed by atoms with Crippen LogP contribution in [0.4, 0.5) is 0 Å². The summed E-state index contributed by atoms with van der Waals surface area (Å²) in [4.78, 5) is 0. The molecule has 2 rings (SSSR count). The van der Waals surface area contributed by atoms with E-state index in [4.69, 9.17) is 0 Å². The van der Waals surface area contributed by atoms with E-state index in [9.17, 15) is 0 Å². The second-order valence-corrected chi connectivity index (χ2v) is 3.43. The minimum Gasteiger partial charge on any atom is -0.269 e. The smallest absolute Gasteiger partial charge is 0.134 e. The highest BCUT2D eigenvalue weighted by Crippen LogP contribution is 2.22. The van der Waals surface area contributed by atoms with Crippen molar-refractivity contribution >= 4 is 27.0 Å². The van der Waals surface area contributed by atoms with Crippen LogP contribution in [0.3, 0.4) is 0 Å². The van der Waals surface area contributed by atoms with Gasteiger partial charge in [0.2, 0.25) is 0 Å². The van der Waals surface area contributed by atoms with E-state index in [0.717, 1.165) is 27.9 Å². The second kappa shape index (κ2) is 2.58. The topological polar surface area (TPSA) is 46.5 Å². The molecule has 0 aliphatic heterocycles. The molecule has 0 saturated heterocycles. The fraction of sp³-hybridized carbons (Fsp3) is 0.429. The third-order valence-corrected chi connectivity index (χ3v) is 2.42. The number of nitrogens with one attached hydrogen (secondary N) is 1. The Morgan fingerprint density at radius 3 is 3.00 bits per heavy atom. The van der Waals surface area contributed by atoms with Crippen molar-refractivity contribution in [2.75, 3.05) is 0 Å². The maximum atomic E-state index is 4.33. The molecule has 0 radical (unpaired) electrons. The van der Waals surface area contributed by atoms with E-state index in [1.54, 1.807) is 0 Å². The van der Waals surface area contributed by atoms with E-state index < -0.39 is 0 Å². The van der Waals surface area contributed by atoms with Crippen molar-refractivity contribution in [1.29, 1.82) is 0 Å². The molecule has 0 aromatic carbocycles. The Morgan fingerprint density at radius 1 is 1.58 bits per heavy atom. The molecule has 0 amide bonds. The second-order valence-electron chi connectivity index (χ2n) is 2.64. The number of fused-ring (bicyclic) bond motifs is 1. The average molecular weight is 229 g/mol. The van der Waals surface area contributed by atoms with Crippen LogP contribution in [0.2, 0.25) is 0 Å². The Hall–Kier alpha value is -0.840. The van der Waals surface area contributed by atoms with Gasteiger partial charge in [-0.3, -0.25) is 9.78 Å². The van der Waals surface area contributed by atoms with Crippen LogP contribution in [0.1, 0.15) is 12.6 Å². The molecule has 0 unspecified atom stereocenters. The van der Waals surface area contributed by atoms with Gasteiger partial charge in [0.25, 0.3) is 0 Å². The van der Waals surface area contributed by atoms with Gasteiger partial charge in [-0.05, 0) is 29.8 Å². The predicted molar refractivity (Wildman–Crippen MR) is 50.0 cm³/mol. The standard InChI is InChI=1S/C7H9BrN4/c1-3-12-6-5(4(2)11-12)9-10-7(6)8/h3H2,1-2H3,(H,9,10). The molecule has 0 bridgehead atoms. The number of halogens is 1. The van der Waals surface area contributed by atoms with Gasteiger partial charge in [0, 0.05) is 6.54 Å². The van der Waals surface area contributed by atoms with Crippen LogP contribution in [0, 0.1) is 6.92 Å². The van der Waals surface area contributed by atoms with Gasteiger partial charge in [-0.15, -0.1) is 0 Å². The minimum absolute atomic E-state index is 0.864. The van der Waals surface area contributed by atoms with Crippen molar-refractivity contribution in [2.24, 2.45) is 0 Å². The molecule has 0 saturated carbocycles. The first-order valence-electron chi connectivity index (χ1n) is 3.81. The number of H-pyrrole nitrogens is 1. The Bertz CT molecular complexity index is 414. The van der Waals surface area contributed by atoms with Crippen LogP contribution < -0.4 is 0 Å². The monoisotopic (exact) mass is 228 g/mol. The molecule has 0 spiro atoms. The molecular formula is C7H9BrN4. The number of rotatable bonds is 1. The van der Waals surface area contributed by atoms with Gasteiger partial charge < -0.3 is 0 Å².